The standard InChI is InChI=1S/C16H21N3O3S/c1-12(2)16(20)19-9-7-14(8-10-19)18-23(21,22)15-6-4-3-5-13(15)11-17/h3-6,12,14,18H,7-10H2,1-2H3. The summed E-state index contributed by atoms with van der Waals surface area (Å²) in [5.41, 5.74) is 0.132. The Labute approximate surface area is 137 Å². The second kappa shape index (κ2) is 7.11. The summed E-state index contributed by atoms with van der Waals surface area (Å²) in [7, 11) is -3.73. The molecule has 1 heterocycles. The lowest BCUT2D eigenvalue weighted by molar-refractivity contribution is -0.135. The number of nitrogens with zero attached hydrogens (tertiary/aromatic N) is 2. The number of hydrogen-bond acceptors (Lipinski definition) is 4. The molecular formula is C16H21N3O3S. The number of amides is 1. The highest BCUT2D eigenvalue weighted by atomic mass is 32.2. The van der Waals surface area contributed by atoms with E-state index in [-0.39, 0.29) is 28.3 Å². The molecular weight excluding hydrogens is 314 g/mol. The lowest BCUT2D eigenvalue weighted by atomic mass is 10.0. The average Bonchev–Trinajstić information content (AvgIpc) is 2.54. The first-order chi connectivity index (χ1) is 10.8. The lowest BCUT2D eigenvalue weighted by Crippen LogP contribution is -2.47. The Kier molecular flexibility index (Phi) is 5.39. The van der Waals surface area contributed by atoms with Gasteiger partial charge in [-0.25, -0.2) is 13.1 Å². The van der Waals surface area contributed by atoms with Gasteiger partial charge in [-0.2, -0.15) is 5.26 Å². The van der Waals surface area contributed by atoms with E-state index >= 15 is 0 Å². The Morgan fingerprint density at radius 3 is 2.48 bits per heavy atom. The van der Waals surface area contributed by atoms with Crippen molar-refractivity contribution in [3.63, 3.8) is 0 Å². The number of rotatable bonds is 4. The van der Waals surface area contributed by atoms with E-state index in [1.165, 1.54) is 12.1 Å². The van der Waals surface area contributed by atoms with Gasteiger partial charge in [0.2, 0.25) is 15.9 Å². The van der Waals surface area contributed by atoms with Gasteiger partial charge in [-0.1, -0.05) is 26.0 Å². The second-order valence-corrected chi connectivity index (χ2v) is 7.67. The van der Waals surface area contributed by atoms with E-state index in [0.29, 0.717) is 25.9 Å². The van der Waals surface area contributed by atoms with Gasteiger partial charge in [0.15, 0.2) is 0 Å². The van der Waals surface area contributed by atoms with Crippen molar-refractivity contribution in [3.8, 4) is 6.07 Å². The van der Waals surface area contributed by atoms with E-state index in [9.17, 15) is 13.2 Å². The number of sulfonamides is 1. The van der Waals surface area contributed by atoms with Crippen molar-refractivity contribution >= 4 is 15.9 Å². The van der Waals surface area contributed by atoms with Crippen molar-refractivity contribution in [1.29, 1.82) is 5.26 Å². The molecule has 6 nitrogen and oxygen atoms in total. The van der Waals surface area contributed by atoms with Gasteiger partial charge in [0, 0.05) is 25.0 Å². The van der Waals surface area contributed by atoms with Crippen LogP contribution in [0.1, 0.15) is 32.3 Å². The molecule has 1 aliphatic heterocycles. The normalized spacial score (nSPS) is 16.3. The van der Waals surface area contributed by atoms with Crippen LogP contribution in [0.5, 0.6) is 0 Å². The zero-order valence-electron chi connectivity index (χ0n) is 13.3. The van der Waals surface area contributed by atoms with E-state index < -0.39 is 10.0 Å². The molecule has 124 valence electrons. The van der Waals surface area contributed by atoms with Crippen molar-refractivity contribution in [2.45, 2.75) is 37.6 Å². The molecule has 0 spiro atoms. The molecule has 0 bridgehead atoms. The zero-order chi connectivity index (χ0) is 17.0. The summed E-state index contributed by atoms with van der Waals surface area (Å²) in [6.45, 7) is 4.81. The molecule has 0 saturated carbocycles. The van der Waals surface area contributed by atoms with E-state index in [4.69, 9.17) is 5.26 Å². The summed E-state index contributed by atoms with van der Waals surface area (Å²) < 4.78 is 27.6. The summed E-state index contributed by atoms with van der Waals surface area (Å²) in [6, 6.07) is 7.82. The topological polar surface area (TPSA) is 90.3 Å². The summed E-state index contributed by atoms with van der Waals surface area (Å²) in [5, 5.41) is 9.05. The fourth-order valence-electron chi connectivity index (χ4n) is 2.66. The number of carbonyl (C=O) groups excluding carboxylic acids is 1. The minimum atomic E-state index is -3.73. The van der Waals surface area contributed by atoms with Crippen LogP contribution in [-0.2, 0) is 14.8 Å². The molecule has 0 radical (unpaired) electrons. The van der Waals surface area contributed by atoms with Crippen molar-refractivity contribution in [2.24, 2.45) is 5.92 Å². The summed E-state index contributed by atoms with van der Waals surface area (Å²) in [5.74, 6) is 0.0480. The number of nitriles is 1. The van der Waals surface area contributed by atoms with Gasteiger partial charge >= 0.3 is 0 Å². The van der Waals surface area contributed by atoms with Gasteiger partial charge < -0.3 is 4.90 Å². The van der Waals surface area contributed by atoms with Crippen molar-refractivity contribution < 1.29 is 13.2 Å². The van der Waals surface area contributed by atoms with Crippen LogP contribution in [0.3, 0.4) is 0 Å². The molecule has 1 aromatic carbocycles. The average molecular weight is 335 g/mol. The number of carbonyl (C=O) groups is 1. The molecule has 2 rings (SSSR count). The molecule has 7 heteroatoms. The minimum Gasteiger partial charge on any atom is -0.342 e. The number of hydrogen-bond donors (Lipinski definition) is 1. The van der Waals surface area contributed by atoms with Crippen LogP contribution in [-0.4, -0.2) is 38.4 Å². The molecule has 1 N–H and O–H groups in total. The number of benzene rings is 1. The first kappa shape index (κ1) is 17.4. The number of piperidine rings is 1. The molecule has 1 amide bonds. The van der Waals surface area contributed by atoms with Crippen molar-refractivity contribution in [1.82, 2.24) is 9.62 Å². The van der Waals surface area contributed by atoms with Crippen LogP contribution in [0, 0.1) is 17.2 Å². The molecule has 0 aromatic heterocycles. The molecule has 0 unspecified atom stereocenters. The first-order valence-electron chi connectivity index (χ1n) is 7.65. The minimum absolute atomic E-state index is 0.00295. The molecule has 1 aliphatic rings. The zero-order valence-corrected chi connectivity index (χ0v) is 14.1. The summed E-state index contributed by atoms with van der Waals surface area (Å²) >= 11 is 0. The van der Waals surface area contributed by atoms with Gasteiger partial charge in [0.25, 0.3) is 0 Å². The highest BCUT2D eigenvalue weighted by Crippen LogP contribution is 2.18. The van der Waals surface area contributed by atoms with Crippen LogP contribution < -0.4 is 4.72 Å². The Morgan fingerprint density at radius 1 is 1.30 bits per heavy atom. The molecule has 0 atom stereocenters. The third-order valence-electron chi connectivity index (χ3n) is 3.92. The monoisotopic (exact) mass is 335 g/mol. The van der Waals surface area contributed by atoms with Gasteiger partial charge in [-0.15, -0.1) is 0 Å². The van der Waals surface area contributed by atoms with Crippen LogP contribution in [0.2, 0.25) is 0 Å². The Bertz CT molecular complexity index is 714. The van der Waals surface area contributed by atoms with Crippen LogP contribution in [0.15, 0.2) is 29.2 Å². The third-order valence-corrected chi connectivity index (χ3v) is 5.50. The largest absolute Gasteiger partial charge is 0.342 e. The molecule has 1 fully saturated rings. The van der Waals surface area contributed by atoms with Crippen LogP contribution in [0.4, 0.5) is 0 Å². The fraction of sp³-hybridized carbons (Fsp3) is 0.500. The summed E-state index contributed by atoms with van der Waals surface area (Å²) in [4.78, 5) is 13.7. The highest BCUT2D eigenvalue weighted by Gasteiger charge is 2.28. The lowest BCUT2D eigenvalue weighted by Gasteiger charge is -2.33. The second-order valence-electron chi connectivity index (χ2n) is 5.98. The van der Waals surface area contributed by atoms with E-state index in [2.05, 4.69) is 4.72 Å². The van der Waals surface area contributed by atoms with Gasteiger partial charge in [-0.05, 0) is 25.0 Å². The Hall–Kier alpha value is -1.91. The maximum atomic E-state index is 12.5. The number of likely N-dealkylation sites (tertiary alicyclic amines) is 1. The van der Waals surface area contributed by atoms with Crippen molar-refractivity contribution in [3.05, 3.63) is 29.8 Å². The van der Waals surface area contributed by atoms with Crippen molar-refractivity contribution in [2.75, 3.05) is 13.1 Å². The van der Waals surface area contributed by atoms with Gasteiger partial charge in [-0.3, -0.25) is 4.79 Å². The summed E-state index contributed by atoms with van der Waals surface area (Å²) in [6.07, 6.45) is 1.15. The molecule has 1 saturated heterocycles. The quantitative estimate of drug-likeness (QED) is 0.902. The smallest absolute Gasteiger partial charge is 0.242 e. The van der Waals surface area contributed by atoms with E-state index in [1.54, 1.807) is 17.0 Å². The SMILES string of the molecule is CC(C)C(=O)N1CCC(NS(=O)(=O)c2ccccc2C#N)CC1. The van der Waals surface area contributed by atoms with Gasteiger partial charge in [0.05, 0.1) is 10.5 Å². The highest BCUT2D eigenvalue weighted by molar-refractivity contribution is 7.89. The van der Waals surface area contributed by atoms with Crippen LogP contribution >= 0.6 is 0 Å². The predicted molar refractivity (Wildman–Crippen MR) is 85.9 cm³/mol. The molecule has 0 aliphatic carbocycles. The van der Waals surface area contributed by atoms with Gasteiger partial charge in [0.1, 0.15) is 6.07 Å². The predicted octanol–water partition coefficient (Wildman–Crippen LogP) is 1.48. The third kappa shape index (κ3) is 4.09. The molecule has 1 aromatic rings. The maximum absolute atomic E-state index is 12.5. The molecule has 23 heavy (non-hydrogen) atoms. The van der Waals surface area contributed by atoms with E-state index in [1.807, 2.05) is 19.9 Å². The van der Waals surface area contributed by atoms with Crippen LogP contribution in [0.25, 0.3) is 0 Å². The Balaban J connectivity index is 2.04. The maximum Gasteiger partial charge on any atom is 0.242 e. The number of nitrogens with one attached hydrogen (secondary N) is 1. The van der Waals surface area contributed by atoms with E-state index in [0.717, 1.165) is 0 Å². The fourth-order valence-corrected chi connectivity index (χ4v) is 4.12. The first-order valence-corrected chi connectivity index (χ1v) is 9.13. The Morgan fingerprint density at radius 2 is 1.91 bits per heavy atom.